The number of carbonyl (C=O) groups is 1. The molecule has 174 valence electrons. The van der Waals surface area contributed by atoms with Crippen molar-refractivity contribution in [1.29, 1.82) is 0 Å². The van der Waals surface area contributed by atoms with E-state index in [4.69, 9.17) is 42.1 Å². The van der Waals surface area contributed by atoms with E-state index in [1.807, 2.05) is 42.5 Å². The van der Waals surface area contributed by atoms with Crippen molar-refractivity contribution in [3.8, 4) is 5.75 Å². The highest BCUT2D eigenvalue weighted by molar-refractivity contribution is 6.31. The van der Waals surface area contributed by atoms with Gasteiger partial charge in [0.1, 0.15) is 25.0 Å². The van der Waals surface area contributed by atoms with E-state index >= 15 is 0 Å². The van der Waals surface area contributed by atoms with Gasteiger partial charge in [-0.1, -0.05) is 23.7 Å². The number of alkyl halides is 1. The average molecular weight is 491 g/mol. The number of aromatic amines is 1. The Morgan fingerprint density at radius 3 is 2.70 bits per heavy atom. The number of amides is 1. The van der Waals surface area contributed by atoms with Crippen LogP contribution in [0.25, 0.3) is 10.9 Å². The van der Waals surface area contributed by atoms with Gasteiger partial charge in [-0.3, -0.25) is 4.90 Å². The fraction of sp³-hybridized carbons (Fsp3) is 0.375. The van der Waals surface area contributed by atoms with Gasteiger partial charge in [-0.15, -0.1) is 11.6 Å². The quantitative estimate of drug-likeness (QED) is 0.497. The first kappa shape index (κ1) is 22.3. The summed E-state index contributed by atoms with van der Waals surface area (Å²) in [4.78, 5) is 18.1. The third-order valence-corrected chi connectivity index (χ3v) is 6.29. The third kappa shape index (κ3) is 4.64. The van der Waals surface area contributed by atoms with Crippen molar-refractivity contribution in [2.75, 3.05) is 38.9 Å². The zero-order valence-electron chi connectivity index (χ0n) is 17.9. The van der Waals surface area contributed by atoms with E-state index in [9.17, 15) is 4.79 Å². The van der Waals surface area contributed by atoms with E-state index in [1.165, 1.54) is 0 Å². The van der Waals surface area contributed by atoms with Crippen molar-refractivity contribution < 1.29 is 23.7 Å². The van der Waals surface area contributed by atoms with Crippen molar-refractivity contribution in [1.82, 2.24) is 9.88 Å². The third-order valence-electron chi connectivity index (χ3n) is 5.90. The molecule has 1 fully saturated rings. The molecule has 1 atom stereocenters. The second kappa shape index (κ2) is 9.81. The Kier molecular flexibility index (Phi) is 6.64. The molecule has 2 aliphatic rings. The Labute approximate surface area is 201 Å². The van der Waals surface area contributed by atoms with Gasteiger partial charge in [0, 0.05) is 28.2 Å². The van der Waals surface area contributed by atoms with Crippen LogP contribution in [-0.4, -0.2) is 61.1 Å². The minimum Gasteiger partial charge on any atom is -0.488 e. The van der Waals surface area contributed by atoms with Crippen LogP contribution in [0, 0.1) is 0 Å². The largest absolute Gasteiger partial charge is 0.488 e. The summed E-state index contributed by atoms with van der Waals surface area (Å²) in [7, 11) is 0. The number of fused-ring (bicyclic) bond motifs is 3. The van der Waals surface area contributed by atoms with Crippen molar-refractivity contribution >= 4 is 40.2 Å². The monoisotopic (exact) mass is 490 g/mol. The molecule has 0 aliphatic carbocycles. The molecule has 1 N–H and O–H groups in total. The fourth-order valence-corrected chi connectivity index (χ4v) is 4.68. The molecule has 0 radical (unpaired) electrons. The minimum atomic E-state index is -0.390. The molecule has 1 amide bonds. The number of benzene rings is 2. The first-order chi connectivity index (χ1) is 16.1. The summed E-state index contributed by atoms with van der Waals surface area (Å²) in [6.45, 7) is 2.18. The van der Waals surface area contributed by atoms with Crippen LogP contribution in [0.15, 0.2) is 42.5 Å². The SMILES string of the molecule is O=C(OCCCl)N1CCc2c([nH]c3ccc(Cl)cc23)C1c1ccc(OCC2OCCO2)cc1. The lowest BCUT2D eigenvalue weighted by Crippen LogP contribution is -2.41. The van der Waals surface area contributed by atoms with Gasteiger partial charge in [-0.2, -0.15) is 0 Å². The number of ether oxygens (including phenoxy) is 4. The van der Waals surface area contributed by atoms with Crippen LogP contribution in [0.3, 0.4) is 0 Å². The normalized spacial score (nSPS) is 18.5. The lowest BCUT2D eigenvalue weighted by molar-refractivity contribution is -0.0684. The summed E-state index contributed by atoms with van der Waals surface area (Å²) in [5, 5.41) is 1.76. The summed E-state index contributed by atoms with van der Waals surface area (Å²) >= 11 is 12.0. The first-order valence-electron chi connectivity index (χ1n) is 10.9. The van der Waals surface area contributed by atoms with Crippen LogP contribution in [0.5, 0.6) is 5.75 Å². The smallest absolute Gasteiger partial charge is 0.410 e. The maximum absolute atomic E-state index is 12.9. The molecule has 33 heavy (non-hydrogen) atoms. The van der Waals surface area contributed by atoms with Crippen LogP contribution in [-0.2, 0) is 20.6 Å². The molecule has 3 heterocycles. The number of nitrogens with zero attached hydrogens (tertiary/aromatic N) is 1. The molecule has 0 spiro atoms. The van der Waals surface area contributed by atoms with Gasteiger partial charge in [0.25, 0.3) is 0 Å². The van der Waals surface area contributed by atoms with Crippen LogP contribution in [0.1, 0.15) is 22.9 Å². The number of nitrogens with one attached hydrogen (secondary N) is 1. The number of H-pyrrole nitrogens is 1. The number of rotatable bonds is 6. The molecule has 3 aromatic rings. The molecular formula is C24H24Cl2N2O5. The van der Waals surface area contributed by atoms with Gasteiger partial charge in [-0.25, -0.2) is 4.79 Å². The summed E-state index contributed by atoms with van der Waals surface area (Å²) in [6, 6.07) is 13.2. The standard InChI is InChI=1S/C24H24Cl2N2O5/c25-8-10-32-24(29)28-9-7-18-19-13-16(26)3-6-20(19)27-22(18)23(28)15-1-4-17(5-2-15)33-14-21-30-11-12-31-21/h1-6,13,21,23,27H,7-12,14H2. The second-order valence-corrected chi connectivity index (χ2v) is 8.72. The van der Waals surface area contributed by atoms with E-state index in [-0.39, 0.29) is 30.9 Å². The number of hydrogen-bond acceptors (Lipinski definition) is 5. The Morgan fingerprint density at radius 2 is 1.94 bits per heavy atom. The molecular weight excluding hydrogens is 467 g/mol. The van der Waals surface area contributed by atoms with E-state index < -0.39 is 0 Å². The summed E-state index contributed by atoms with van der Waals surface area (Å²) in [6.07, 6.45) is -0.0279. The Hall–Kier alpha value is -2.45. The Morgan fingerprint density at radius 1 is 1.15 bits per heavy atom. The van der Waals surface area contributed by atoms with Crippen molar-refractivity contribution in [2.24, 2.45) is 0 Å². The predicted molar refractivity (Wildman–Crippen MR) is 125 cm³/mol. The zero-order chi connectivity index (χ0) is 22.8. The molecule has 9 heteroatoms. The molecule has 5 rings (SSSR count). The molecule has 1 aromatic heterocycles. The van der Waals surface area contributed by atoms with E-state index in [1.54, 1.807) is 4.90 Å². The van der Waals surface area contributed by atoms with Crippen molar-refractivity contribution in [2.45, 2.75) is 18.8 Å². The van der Waals surface area contributed by atoms with Gasteiger partial charge in [0.2, 0.25) is 0 Å². The van der Waals surface area contributed by atoms with Crippen LogP contribution in [0.2, 0.25) is 5.02 Å². The Bertz CT molecular complexity index is 1130. The lowest BCUT2D eigenvalue weighted by atomic mass is 9.92. The first-order valence-corrected chi connectivity index (χ1v) is 11.8. The molecule has 1 unspecified atom stereocenters. The maximum atomic E-state index is 12.9. The Balaban J connectivity index is 1.46. The van der Waals surface area contributed by atoms with Gasteiger partial charge in [-0.05, 0) is 47.9 Å². The summed E-state index contributed by atoms with van der Waals surface area (Å²) < 4.78 is 22.0. The van der Waals surface area contributed by atoms with Gasteiger partial charge < -0.3 is 23.9 Å². The van der Waals surface area contributed by atoms with Crippen molar-refractivity contribution in [3.63, 3.8) is 0 Å². The van der Waals surface area contributed by atoms with E-state index in [0.717, 1.165) is 27.7 Å². The fourth-order valence-electron chi connectivity index (χ4n) is 4.43. The summed E-state index contributed by atoms with van der Waals surface area (Å²) in [5.41, 5.74) is 4.05. The van der Waals surface area contributed by atoms with E-state index in [2.05, 4.69) is 4.98 Å². The molecule has 1 saturated heterocycles. The lowest BCUT2D eigenvalue weighted by Gasteiger charge is -2.35. The molecule has 2 aliphatic heterocycles. The number of halogens is 2. The van der Waals surface area contributed by atoms with E-state index in [0.29, 0.717) is 43.6 Å². The molecule has 7 nitrogen and oxygen atoms in total. The number of hydrogen-bond donors (Lipinski definition) is 1. The molecule has 2 aromatic carbocycles. The predicted octanol–water partition coefficient (Wildman–Crippen LogP) is 4.90. The topological polar surface area (TPSA) is 73.0 Å². The highest BCUT2D eigenvalue weighted by Crippen LogP contribution is 2.39. The minimum absolute atomic E-state index is 0.164. The number of aromatic nitrogens is 1. The average Bonchev–Trinajstić information content (AvgIpc) is 3.48. The highest BCUT2D eigenvalue weighted by atomic mass is 35.5. The second-order valence-electron chi connectivity index (χ2n) is 7.91. The van der Waals surface area contributed by atoms with Gasteiger partial charge in [0.15, 0.2) is 6.29 Å². The summed E-state index contributed by atoms with van der Waals surface area (Å²) in [5.74, 6) is 0.953. The highest BCUT2D eigenvalue weighted by Gasteiger charge is 2.35. The van der Waals surface area contributed by atoms with Crippen LogP contribution in [0.4, 0.5) is 4.79 Å². The van der Waals surface area contributed by atoms with Crippen LogP contribution < -0.4 is 4.74 Å². The zero-order valence-corrected chi connectivity index (χ0v) is 19.4. The maximum Gasteiger partial charge on any atom is 0.410 e. The number of carbonyl (C=O) groups excluding carboxylic acids is 1. The van der Waals surface area contributed by atoms with Crippen LogP contribution >= 0.6 is 23.2 Å². The van der Waals surface area contributed by atoms with Gasteiger partial charge >= 0.3 is 6.09 Å². The van der Waals surface area contributed by atoms with Gasteiger partial charge in [0.05, 0.1) is 19.1 Å². The molecule has 0 saturated carbocycles. The van der Waals surface area contributed by atoms with Crippen molar-refractivity contribution in [3.05, 3.63) is 64.3 Å². The molecule has 0 bridgehead atoms.